The molecule has 0 fully saturated rings. The molecule has 1 aliphatic heterocycles. The van der Waals surface area contributed by atoms with Crippen LogP contribution in [0.1, 0.15) is 29.5 Å². The molecule has 0 amide bonds. The summed E-state index contributed by atoms with van der Waals surface area (Å²) in [7, 11) is -1.70. The minimum Gasteiger partial charge on any atom is -0.406 e. The lowest BCUT2D eigenvalue weighted by molar-refractivity contribution is -0.274. The third-order valence-corrected chi connectivity index (χ3v) is 9.10. The van der Waals surface area contributed by atoms with Crippen molar-refractivity contribution in [2.24, 2.45) is 0 Å². The summed E-state index contributed by atoms with van der Waals surface area (Å²) < 4.78 is 66.9. The van der Waals surface area contributed by atoms with Gasteiger partial charge in [-0.2, -0.15) is 0 Å². The number of alkyl halides is 3. The maximum atomic E-state index is 13.0. The van der Waals surface area contributed by atoms with Crippen LogP contribution in [-0.2, 0) is 29.3 Å². The van der Waals surface area contributed by atoms with Gasteiger partial charge in [0.15, 0.2) is 9.84 Å². The van der Waals surface area contributed by atoms with Crippen LogP contribution in [0.3, 0.4) is 0 Å². The molecular weight excluding hydrogens is 499 g/mol. The van der Waals surface area contributed by atoms with Crippen LogP contribution in [0, 0.1) is 0 Å². The fraction of sp³-hybridized carbons (Fsp3) is 0.375. The standard InChI is InChI=1S/C24H26F3N3O3S2/c1-3-22(35(31,32)19-10-8-18(9-11-19)33-24(25,26)27)28-14-16-4-6-17(7-5-16)23-29-20-12-13-30(2)15-21(20)34-23/h4-11,22,28H,3,12-15H2,1-2H3/t22-/m1/s1. The molecule has 4 rings (SSSR count). The van der Waals surface area contributed by atoms with E-state index >= 15 is 0 Å². The van der Waals surface area contributed by atoms with E-state index in [9.17, 15) is 21.6 Å². The summed E-state index contributed by atoms with van der Waals surface area (Å²) in [6.07, 6.45) is -3.59. The fourth-order valence-electron chi connectivity index (χ4n) is 3.91. The highest BCUT2D eigenvalue weighted by Crippen LogP contribution is 2.31. The zero-order valence-corrected chi connectivity index (χ0v) is 20.9. The number of rotatable bonds is 8. The number of hydrogen-bond donors (Lipinski definition) is 1. The number of fused-ring (bicyclic) bond motifs is 1. The van der Waals surface area contributed by atoms with Gasteiger partial charge < -0.3 is 9.64 Å². The lowest BCUT2D eigenvalue weighted by Crippen LogP contribution is -2.35. The van der Waals surface area contributed by atoms with Gasteiger partial charge in [-0.15, -0.1) is 24.5 Å². The third kappa shape index (κ3) is 6.21. The van der Waals surface area contributed by atoms with Crippen molar-refractivity contribution in [2.75, 3.05) is 13.6 Å². The molecule has 1 aliphatic rings. The summed E-state index contributed by atoms with van der Waals surface area (Å²) in [5.74, 6) is -0.467. The minimum absolute atomic E-state index is 0.0693. The van der Waals surface area contributed by atoms with Crippen molar-refractivity contribution in [3.8, 4) is 16.3 Å². The van der Waals surface area contributed by atoms with E-state index in [1.54, 1.807) is 18.3 Å². The topological polar surface area (TPSA) is 71.5 Å². The van der Waals surface area contributed by atoms with Crippen molar-refractivity contribution in [3.63, 3.8) is 0 Å². The molecule has 6 nitrogen and oxygen atoms in total. The van der Waals surface area contributed by atoms with Gasteiger partial charge in [-0.25, -0.2) is 13.4 Å². The highest BCUT2D eigenvalue weighted by molar-refractivity contribution is 7.92. The van der Waals surface area contributed by atoms with E-state index in [4.69, 9.17) is 4.98 Å². The zero-order chi connectivity index (χ0) is 25.2. The summed E-state index contributed by atoms with van der Waals surface area (Å²) in [4.78, 5) is 8.30. The fourth-order valence-corrected chi connectivity index (χ4v) is 6.69. The number of aromatic nitrogens is 1. The predicted molar refractivity (Wildman–Crippen MR) is 129 cm³/mol. The highest BCUT2D eigenvalue weighted by Gasteiger charge is 2.31. The van der Waals surface area contributed by atoms with E-state index in [1.807, 2.05) is 24.3 Å². The largest absolute Gasteiger partial charge is 0.573 e. The second kappa shape index (κ2) is 10.3. The van der Waals surface area contributed by atoms with Crippen LogP contribution < -0.4 is 10.1 Å². The Morgan fingerprint density at radius 3 is 2.46 bits per heavy atom. The summed E-state index contributed by atoms with van der Waals surface area (Å²) in [5, 5.41) is 3.16. The van der Waals surface area contributed by atoms with Crippen molar-refractivity contribution in [3.05, 3.63) is 64.7 Å². The number of hydrogen-bond acceptors (Lipinski definition) is 7. The Balaban J connectivity index is 1.40. The van der Waals surface area contributed by atoms with Crippen LogP contribution in [-0.4, -0.2) is 43.6 Å². The van der Waals surface area contributed by atoms with Gasteiger partial charge in [-0.3, -0.25) is 5.32 Å². The van der Waals surface area contributed by atoms with Gasteiger partial charge >= 0.3 is 6.36 Å². The second-order valence-electron chi connectivity index (χ2n) is 8.42. The molecule has 1 aromatic heterocycles. The summed E-state index contributed by atoms with van der Waals surface area (Å²) >= 11 is 1.71. The maximum Gasteiger partial charge on any atom is 0.573 e. The molecule has 3 aromatic rings. The van der Waals surface area contributed by atoms with Crippen LogP contribution >= 0.6 is 11.3 Å². The lowest BCUT2D eigenvalue weighted by Gasteiger charge is -2.20. The third-order valence-electron chi connectivity index (χ3n) is 5.79. The maximum absolute atomic E-state index is 13.0. The van der Waals surface area contributed by atoms with Crippen molar-refractivity contribution in [2.45, 2.75) is 49.5 Å². The number of thiazole rings is 1. The lowest BCUT2D eigenvalue weighted by atomic mass is 10.1. The van der Waals surface area contributed by atoms with Crippen molar-refractivity contribution >= 4 is 21.2 Å². The molecular formula is C24H26F3N3O3S2. The van der Waals surface area contributed by atoms with E-state index < -0.39 is 27.3 Å². The Morgan fingerprint density at radius 1 is 1.14 bits per heavy atom. The molecule has 0 saturated carbocycles. The van der Waals surface area contributed by atoms with E-state index in [2.05, 4.69) is 22.0 Å². The Labute approximate surface area is 206 Å². The number of ether oxygens (including phenoxy) is 1. The Morgan fingerprint density at radius 2 is 1.83 bits per heavy atom. The van der Waals surface area contributed by atoms with Crippen LogP contribution in [0.4, 0.5) is 13.2 Å². The molecule has 188 valence electrons. The van der Waals surface area contributed by atoms with Crippen LogP contribution in [0.25, 0.3) is 10.6 Å². The molecule has 0 bridgehead atoms. The molecule has 0 saturated heterocycles. The number of nitrogens with zero attached hydrogens (tertiary/aromatic N) is 2. The number of halogens is 3. The smallest absolute Gasteiger partial charge is 0.406 e. The predicted octanol–water partition coefficient (Wildman–Crippen LogP) is 5.00. The van der Waals surface area contributed by atoms with Gasteiger partial charge in [-0.05, 0) is 43.3 Å². The first kappa shape index (κ1) is 25.6. The van der Waals surface area contributed by atoms with Gasteiger partial charge in [0, 0.05) is 36.5 Å². The monoisotopic (exact) mass is 525 g/mol. The van der Waals surface area contributed by atoms with Gasteiger partial charge in [0.05, 0.1) is 10.6 Å². The average molecular weight is 526 g/mol. The summed E-state index contributed by atoms with van der Waals surface area (Å²) in [5.41, 5.74) is 3.11. The number of nitrogens with one attached hydrogen (secondary N) is 1. The normalized spacial score (nSPS) is 15.6. The quantitative estimate of drug-likeness (QED) is 0.447. The minimum atomic E-state index is -4.83. The number of sulfone groups is 1. The van der Waals surface area contributed by atoms with Crippen molar-refractivity contribution in [1.29, 1.82) is 0 Å². The molecule has 2 aromatic carbocycles. The SMILES string of the molecule is CC[C@H](NCc1ccc(-c2nc3c(s2)CN(C)CC3)cc1)S(=O)(=O)c1ccc(OC(F)(F)F)cc1. The summed E-state index contributed by atoms with van der Waals surface area (Å²) in [6, 6.07) is 12.1. The van der Waals surface area contributed by atoms with Gasteiger partial charge in [0.1, 0.15) is 16.1 Å². The van der Waals surface area contributed by atoms with Crippen molar-refractivity contribution in [1.82, 2.24) is 15.2 Å². The molecule has 0 aliphatic carbocycles. The van der Waals surface area contributed by atoms with E-state index in [-0.39, 0.29) is 4.90 Å². The Bertz CT molecular complexity index is 1260. The van der Waals surface area contributed by atoms with Crippen molar-refractivity contribution < 1.29 is 26.3 Å². The second-order valence-corrected chi connectivity index (χ2v) is 11.6. The first-order chi connectivity index (χ1) is 16.5. The molecule has 35 heavy (non-hydrogen) atoms. The Kier molecular flexibility index (Phi) is 7.51. The number of likely N-dealkylation sites (N-methyl/N-ethyl adjacent to an activating group) is 1. The van der Waals surface area contributed by atoms with Gasteiger partial charge in [0.25, 0.3) is 0 Å². The van der Waals surface area contributed by atoms with E-state index in [0.717, 1.165) is 59.9 Å². The van der Waals surface area contributed by atoms with E-state index in [0.29, 0.717) is 13.0 Å². The molecule has 2 heterocycles. The van der Waals surface area contributed by atoms with E-state index in [1.165, 1.54) is 10.6 Å². The van der Waals surface area contributed by atoms with Crippen LogP contribution in [0.5, 0.6) is 5.75 Å². The first-order valence-corrected chi connectivity index (χ1v) is 13.5. The molecule has 11 heteroatoms. The van der Waals surface area contributed by atoms with Gasteiger partial charge in [-0.1, -0.05) is 31.2 Å². The first-order valence-electron chi connectivity index (χ1n) is 11.1. The zero-order valence-electron chi connectivity index (χ0n) is 19.3. The number of benzene rings is 2. The highest BCUT2D eigenvalue weighted by atomic mass is 32.2. The molecule has 1 atom stereocenters. The van der Waals surface area contributed by atoms with Crippen LogP contribution in [0.15, 0.2) is 53.4 Å². The molecule has 0 radical (unpaired) electrons. The molecule has 1 N–H and O–H groups in total. The van der Waals surface area contributed by atoms with Crippen LogP contribution in [0.2, 0.25) is 0 Å². The summed E-state index contributed by atoms with van der Waals surface area (Å²) in [6.45, 7) is 3.99. The molecule has 0 unspecified atom stereocenters. The average Bonchev–Trinajstić information content (AvgIpc) is 3.22. The van der Waals surface area contributed by atoms with Gasteiger partial charge in [0.2, 0.25) is 0 Å². The Hall–Kier alpha value is -2.47. The molecule has 0 spiro atoms.